The van der Waals surface area contributed by atoms with E-state index in [1.165, 1.54) is 12.8 Å². The summed E-state index contributed by atoms with van der Waals surface area (Å²) in [6, 6.07) is 4.05. The first-order chi connectivity index (χ1) is 7.79. The van der Waals surface area contributed by atoms with Crippen LogP contribution in [0.2, 0.25) is 0 Å². The lowest BCUT2D eigenvalue weighted by Gasteiger charge is -2.32. The van der Waals surface area contributed by atoms with Crippen molar-refractivity contribution in [2.75, 3.05) is 31.7 Å². The Kier molecular flexibility index (Phi) is 4.34. The zero-order chi connectivity index (χ0) is 11.4. The Morgan fingerprint density at radius 1 is 1.38 bits per heavy atom. The predicted octanol–water partition coefficient (Wildman–Crippen LogP) is 1.94. The summed E-state index contributed by atoms with van der Waals surface area (Å²) in [6.45, 7) is 3.00. The smallest absolute Gasteiger partial charge is 0.151 e. The molecule has 88 valence electrons. The van der Waals surface area contributed by atoms with E-state index in [2.05, 4.69) is 37.7 Å². The Morgan fingerprint density at radius 2 is 2.12 bits per heavy atom. The number of nitrogens with zero attached hydrogens (tertiary/aromatic N) is 3. The molecule has 1 aliphatic rings. The number of ether oxygens (including phenoxy) is 1. The predicted molar refractivity (Wildman–Crippen MR) is 71.6 cm³/mol. The molecule has 1 saturated heterocycles. The molecule has 4 nitrogen and oxygen atoms in total. The molecule has 0 spiro atoms. The maximum absolute atomic E-state index is 5.19. The molecule has 0 saturated carbocycles. The van der Waals surface area contributed by atoms with E-state index in [4.69, 9.17) is 4.74 Å². The standard InChI is InChI=1S/C11H16IN3O/c1-16-8-9-4-6-15(7-5-9)11-3-2-10(12)13-14-11/h2-3,9H,4-8H2,1H3. The summed E-state index contributed by atoms with van der Waals surface area (Å²) >= 11 is 2.17. The molecule has 1 aromatic heterocycles. The van der Waals surface area contributed by atoms with Crippen LogP contribution < -0.4 is 4.90 Å². The number of hydrogen-bond acceptors (Lipinski definition) is 4. The minimum absolute atomic E-state index is 0.707. The van der Waals surface area contributed by atoms with Gasteiger partial charge in [0, 0.05) is 26.8 Å². The van der Waals surface area contributed by atoms with Crippen LogP contribution in [0.3, 0.4) is 0 Å². The van der Waals surface area contributed by atoms with Gasteiger partial charge in [0.25, 0.3) is 0 Å². The third-order valence-corrected chi connectivity index (χ3v) is 3.53. The van der Waals surface area contributed by atoms with Crippen LogP contribution in [0, 0.1) is 9.62 Å². The lowest BCUT2D eigenvalue weighted by atomic mass is 9.98. The van der Waals surface area contributed by atoms with Gasteiger partial charge in [0.1, 0.15) is 3.70 Å². The molecule has 5 heteroatoms. The van der Waals surface area contributed by atoms with Crippen LogP contribution in [0.4, 0.5) is 5.82 Å². The summed E-state index contributed by atoms with van der Waals surface area (Å²) in [4.78, 5) is 2.30. The Labute approximate surface area is 110 Å². The zero-order valence-corrected chi connectivity index (χ0v) is 11.6. The highest BCUT2D eigenvalue weighted by atomic mass is 127. The molecule has 0 radical (unpaired) electrons. The Bertz CT molecular complexity index is 323. The van der Waals surface area contributed by atoms with Gasteiger partial charge in [0.2, 0.25) is 0 Å². The molecule has 1 aliphatic heterocycles. The molecule has 16 heavy (non-hydrogen) atoms. The van der Waals surface area contributed by atoms with Crippen LogP contribution >= 0.6 is 22.6 Å². The van der Waals surface area contributed by atoms with E-state index in [1.54, 1.807) is 7.11 Å². The quantitative estimate of drug-likeness (QED) is 0.793. The third-order valence-electron chi connectivity index (χ3n) is 2.96. The highest BCUT2D eigenvalue weighted by molar-refractivity contribution is 14.1. The van der Waals surface area contributed by atoms with Gasteiger partial charge in [-0.05, 0) is 53.5 Å². The molecule has 0 atom stereocenters. The number of anilines is 1. The third kappa shape index (κ3) is 3.04. The van der Waals surface area contributed by atoms with Crippen molar-refractivity contribution in [2.24, 2.45) is 5.92 Å². The van der Waals surface area contributed by atoms with Gasteiger partial charge in [-0.15, -0.1) is 10.2 Å². The largest absolute Gasteiger partial charge is 0.384 e. The molecule has 0 aromatic carbocycles. The van der Waals surface area contributed by atoms with E-state index >= 15 is 0 Å². The van der Waals surface area contributed by atoms with Gasteiger partial charge in [0.05, 0.1) is 0 Å². The number of rotatable bonds is 3. The summed E-state index contributed by atoms with van der Waals surface area (Å²) in [5.41, 5.74) is 0. The summed E-state index contributed by atoms with van der Waals surface area (Å²) in [7, 11) is 1.77. The van der Waals surface area contributed by atoms with Crippen molar-refractivity contribution < 1.29 is 4.74 Å². The van der Waals surface area contributed by atoms with Gasteiger partial charge in [0.15, 0.2) is 5.82 Å². The lowest BCUT2D eigenvalue weighted by molar-refractivity contribution is 0.139. The SMILES string of the molecule is COCC1CCN(c2ccc(I)nn2)CC1. The lowest BCUT2D eigenvalue weighted by Crippen LogP contribution is -2.35. The van der Waals surface area contributed by atoms with Crippen LogP contribution in [-0.2, 0) is 4.74 Å². The average molecular weight is 333 g/mol. The summed E-state index contributed by atoms with van der Waals surface area (Å²) in [5, 5.41) is 8.29. The van der Waals surface area contributed by atoms with Gasteiger partial charge < -0.3 is 9.64 Å². The number of aromatic nitrogens is 2. The van der Waals surface area contributed by atoms with Gasteiger partial charge >= 0.3 is 0 Å². The average Bonchev–Trinajstić information content (AvgIpc) is 2.32. The number of hydrogen-bond donors (Lipinski definition) is 0. The first-order valence-corrected chi connectivity index (χ1v) is 6.60. The minimum Gasteiger partial charge on any atom is -0.384 e. The van der Waals surface area contributed by atoms with Crippen molar-refractivity contribution in [3.05, 3.63) is 15.8 Å². The normalized spacial score (nSPS) is 17.8. The summed E-state index contributed by atoms with van der Waals surface area (Å²) < 4.78 is 6.13. The minimum atomic E-state index is 0.707. The highest BCUT2D eigenvalue weighted by Gasteiger charge is 2.19. The summed E-state index contributed by atoms with van der Waals surface area (Å²) in [6.07, 6.45) is 2.36. The zero-order valence-electron chi connectivity index (χ0n) is 9.40. The van der Waals surface area contributed by atoms with Crippen molar-refractivity contribution in [3.8, 4) is 0 Å². The topological polar surface area (TPSA) is 38.2 Å². The fourth-order valence-corrected chi connectivity index (χ4v) is 2.33. The number of piperidine rings is 1. The van der Waals surface area contributed by atoms with Crippen molar-refractivity contribution in [1.82, 2.24) is 10.2 Å². The van der Waals surface area contributed by atoms with Gasteiger partial charge in [-0.2, -0.15) is 0 Å². The molecular weight excluding hydrogens is 317 g/mol. The Hall–Kier alpha value is -0.430. The van der Waals surface area contributed by atoms with E-state index in [9.17, 15) is 0 Å². The van der Waals surface area contributed by atoms with Crippen molar-refractivity contribution in [3.63, 3.8) is 0 Å². The van der Waals surface area contributed by atoms with Crippen LogP contribution in [-0.4, -0.2) is 37.0 Å². The second kappa shape index (κ2) is 5.77. The van der Waals surface area contributed by atoms with E-state index in [0.717, 1.165) is 29.2 Å². The van der Waals surface area contributed by atoms with Crippen LogP contribution in [0.25, 0.3) is 0 Å². The van der Waals surface area contributed by atoms with Crippen molar-refractivity contribution in [2.45, 2.75) is 12.8 Å². The van der Waals surface area contributed by atoms with Crippen LogP contribution in [0.15, 0.2) is 12.1 Å². The van der Waals surface area contributed by atoms with Crippen molar-refractivity contribution >= 4 is 28.4 Å². The molecule has 1 fully saturated rings. The fraction of sp³-hybridized carbons (Fsp3) is 0.636. The maximum atomic E-state index is 5.19. The monoisotopic (exact) mass is 333 g/mol. The fourth-order valence-electron chi connectivity index (χ4n) is 2.04. The Balaban J connectivity index is 1.91. The van der Waals surface area contributed by atoms with Crippen molar-refractivity contribution in [1.29, 1.82) is 0 Å². The molecule has 0 amide bonds. The molecule has 1 aromatic rings. The second-order valence-corrected chi connectivity index (χ2v) is 5.21. The van der Waals surface area contributed by atoms with E-state index < -0.39 is 0 Å². The molecule has 2 heterocycles. The molecule has 0 bridgehead atoms. The molecule has 0 unspecified atom stereocenters. The van der Waals surface area contributed by atoms with E-state index in [1.807, 2.05) is 12.1 Å². The number of methoxy groups -OCH3 is 1. The Morgan fingerprint density at radius 3 is 2.69 bits per heavy atom. The van der Waals surface area contributed by atoms with Gasteiger partial charge in [-0.1, -0.05) is 0 Å². The first kappa shape index (κ1) is 12.0. The second-order valence-electron chi connectivity index (χ2n) is 4.10. The first-order valence-electron chi connectivity index (χ1n) is 5.52. The van der Waals surface area contributed by atoms with Gasteiger partial charge in [-0.25, -0.2) is 0 Å². The molecule has 2 rings (SSSR count). The number of halogens is 1. The van der Waals surface area contributed by atoms with Crippen LogP contribution in [0.1, 0.15) is 12.8 Å². The molecule has 0 N–H and O–H groups in total. The van der Waals surface area contributed by atoms with Gasteiger partial charge in [-0.3, -0.25) is 0 Å². The highest BCUT2D eigenvalue weighted by Crippen LogP contribution is 2.21. The van der Waals surface area contributed by atoms with Crippen LogP contribution in [0.5, 0.6) is 0 Å². The van der Waals surface area contributed by atoms with E-state index in [-0.39, 0.29) is 0 Å². The molecular formula is C11H16IN3O. The van der Waals surface area contributed by atoms with E-state index in [0.29, 0.717) is 5.92 Å². The maximum Gasteiger partial charge on any atom is 0.151 e. The molecule has 0 aliphatic carbocycles. The summed E-state index contributed by atoms with van der Waals surface area (Å²) in [5.74, 6) is 1.70.